The highest BCUT2D eigenvalue weighted by molar-refractivity contribution is 8.55. The number of rotatable bonds is 11. The predicted molar refractivity (Wildman–Crippen MR) is 88.0 cm³/mol. The third kappa shape index (κ3) is 7.71. The van der Waals surface area contributed by atoms with Gasteiger partial charge < -0.3 is 9.05 Å². The average Bonchev–Trinajstić information content (AvgIpc) is 2.28. The Morgan fingerprint density at radius 2 is 1.44 bits per heavy atom. The van der Waals surface area contributed by atoms with Gasteiger partial charge >= 0.3 is 6.80 Å². The fraction of sp³-hybridized carbons (Fsp3) is 1.00. The molecule has 0 aliphatic heterocycles. The molecule has 0 saturated carbocycles. The lowest BCUT2D eigenvalue weighted by molar-refractivity contribution is 0.237. The molecule has 0 aromatic heterocycles. The lowest BCUT2D eigenvalue weighted by Crippen LogP contribution is -2.19. The summed E-state index contributed by atoms with van der Waals surface area (Å²) in [6, 6.07) is 0. The van der Waals surface area contributed by atoms with E-state index in [1.165, 1.54) is 11.4 Å². The summed E-state index contributed by atoms with van der Waals surface area (Å²) in [4.78, 5) is 0. The van der Waals surface area contributed by atoms with Gasteiger partial charge in [-0.1, -0.05) is 13.8 Å². The molecule has 7 heteroatoms. The predicted octanol–water partition coefficient (Wildman–Crippen LogP) is 5.12. The molecule has 0 spiro atoms. The van der Waals surface area contributed by atoms with Crippen LogP contribution in [0, 0.1) is 0 Å². The van der Waals surface area contributed by atoms with Crippen LogP contribution in [0.2, 0.25) is 0 Å². The van der Waals surface area contributed by atoms with Gasteiger partial charge in [-0.3, -0.25) is 0 Å². The van der Waals surface area contributed by atoms with Crippen molar-refractivity contribution in [3.05, 3.63) is 0 Å². The van der Waals surface area contributed by atoms with Crippen LogP contribution in [0.15, 0.2) is 0 Å². The molecular weight excluding hydrogens is 307 g/mol. The van der Waals surface area contributed by atoms with Crippen molar-refractivity contribution in [1.82, 2.24) is 0 Å². The maximum absolute atomic E-state index is 12.4. The van der Waals surface area contributed by atoms with Gasteiger partial charge in [-0.05, 0) is 43.7 Å². The molecule has 0 bridgehead atoms. The van der Waals surface area contributed by atoms with Crippen molar-refractivity contribution in [2.45, 2.75) is 38.7 Å². The summed E-state index contributed by atoms with van der Waals surface area (Å²) in [5, 5.41) is 0. The number of hydrogen-bond acceptors (Lipinski definition) is 6. The fourth-order valence-corrected chi connectivity index (χ4v) is 8.74. The summed E-state index contributed by atoms with van der Waals surface area (Å²) in [7, 11) is 0. The Hall–Kier alpha value is 1.20. The molecule has 3 nitrogen and oxygen atoms in total. The highest BCUT2D eigenvalue weighted by Gasteiger charge is 2.32. The highest BCUT2D eigenvalue weighted by atomic mass is 32.7. The van der Waals surface area contributed by atoms with Crippen molar-refractivity contribution in [3.63, 3.8) is 0 Å². The zero-order valence-corrected chi connectivity index (χ0v) is 15.3. The first-order valence-electron chi connectivity index (χ1n) is 6.26. The van der Waals surface area contributed by atoms with E-state index in [2.05, 4.69) is 20.8 Å². The zero-order valence-electron chi connectivity index (χ0n) is 11.9. The van der Waals surface area contributed by atoms with Crippen molar-refractivity contribution in [2.75, 3.05) is 30.5 Å². The standard InChI is InChI=1S/C11H25O3PS3/c1-6-13-15(12,14-7-2)18-10-11(5,16-8-3)17-9-4/h6-10H2,1-5H3. The van der Waals surface area contributed by atoms with Crippen LogP contribution in [0.25, 0.3) is 0 Å². The van der Waals surface area contributed by atoms with Gasteiger partial charge in [0.25, 0.3) is 0 Å². The van der Waals surface area contributed by atoms with Crippen LogP contribution in [0.5, 0.6) is 0 Å². The van der Waals surface area contributed by atoms with Crippen LogP contribution in [0.3, 0.4) is 0 Å². The van der Waals surface area contributed by atoms with Gasteiger partial charge in [0.15, 0.2) is 0 Å². The van der Waals surface area contributed by atoms with Gasteiger partial charge in [0.2, 0.25) is 0 Å². The normalized spacial score (nSPS) is 12.9. The molecule has 110 valence electrons. The van der Waals surface area contributed by atoms with Gasteiger partial charge in [0.05, 0.1) is 17.3 Å². The van der Waals surface area contributed by atoms with Crippen molar-refractivity contribution in [1.29, 1.82) is 0 Å². The summed E-state index contributed by atoms with van der Waals surface area (Å²) in [5.41, 5.74) is 0. The van der Waals surface area contributed by atoms with Gasteiger partial charge in [0.1, 0.15) is 0 Å². The summed E-state index contributed by atoms with van der Waals surface area (Å²) >= 11 is 5.11. The minimum absolute atomic E-state index is 0.0675. The highest BCUT2D eigenvalue weighted by Crippen LogP contribution is 2.62. The lowest BCUT2D eigenvalue weighted by Gasteiger charge is -2.28. The maximum atomic E-state index is 12.4. The van der Waals surface area contributed by atoms with E-state index in [9.17, 15) is 4.57 Å². The van der Waals surface area contributed by atoms with Crippen molar-refractivity contribution < 1.29 is 13.6 Å². The Labute approximate surface area is 124 Å². The molecule has 0 aliphatic rings. The third-order valence-corrected chi connectivity index (χ3v) is 9.26. The second-order valence-corrected chi connectivity index (χ2v) is 11.4. The molecule has 0 unspecified atom stereocenters. The van der Waals surface area contributed by atoms with E-state index < -0.39 is 6.80 Å². The summed E-state index contributed by atoms with van der Waals surface area (Å²) in [6.45, 7) is 8.04. The smallest absolute Gasteiger partial charge is 0.301 e. The van der Waals surface area contributed by atoms with E-state index in [1.807, 2.05) is 37.4 Å². The molecule has 0 N–H and O–H groups in total. The van der Waals surface area contributed by atoms with Crippen LogP contribution in [0.1, 0.15) is 34.6 Å². The van der Waals surface area contributed by atoms with Gasteiger partial charge in [-0.25, -0.2) is 4.57 Å². The molecule has 18 heavy (non-hydrogen) atoms. The molecule has 0 amide bonds. The van der Waals surface area contributed by atoms with Crippen LogP contribution in [-0.2, 0) is 13.6 Å². The minimum atomic E-state index is -2.97. The maximum Gasteiger partial charge on any atom is 0.389 e. The molecule has 0 aliphatic carbocycles. The quantitative estimate of drug-likeness (QED) is 0.386. The van der Waals surface area contributed by atoms with E-state index in [1.54, 1.807) is 0 Å². The minimum Gasteiger partial charge on any atom is -0.301 e. The van der Waals surface area contributed by atoms with Crippen molar-refractivity contribution in [3.8, 4) is 0 Å². The Morgan fingerprint density at radius 3 is 1.78 bits per heavy atom. The Morgan fingerprint density at radius 1 is 1.00 bits per heavy atom. The van der Waals surface area contributed by atoms with Crippen LogP contribution >= 0.6 is 41.7 Å². The van der Waals surface area contributed by atoms with Crippen LogP contribution in [0.4, 0.5) is 0 Å². The molecule has 0 saturated heterocycles. The molecule has 0 radical (unpaired) electrons. The molecule has 0 rings (SSSR count). The van der Waals surface area contributed by atoms with Gasteiger partial charge in [-0.15, -0.1) is 23.5 Å². The summed E-state index contributed by atoms with van der Waals surface area (Å²) < 4.78 is 23.0. The number of thioether (sulfide) groups is 2. The first-order valence-corrected chi connectivity index (χ1v) is 11.4. The van der Waals surface area contributed by atoms with Crippen molar-refractivity contribution >= 4 is 41.7 Å². The summed E-state index contributed by atoms with van der Waals surface area (Å²) in [6.07, 6.45) is 0. The van der Waals surface area contributed by atoms with E-state index in [4.69, 9.17) is 9.05 Å². The van der Waals surface area contributed by atoms with E-state index in [-0.39, 0.29) is 4.08 Å². The third-order valence-electron chi connectivity index (χ3n) is 1.96. The molecular formula is C11H25O3PS3. The Bertz CT molecular complexity index is 248. The second kappa shape index (κ2) is 10.0. The number of hydrogen-bond donors (Lipinski definition) is 0. The van der Waals surface area contributed by atoms with Crippen LogP contribution in [-0.4, -0.2) is 34.6 Å². The first kappa shape index (κ1) is 19.2. The van der Waals surface area contributed by atoms with Crippen molar-refractivity contribution in [2.24, 2.45) is 0 Å². The average molecular weight is 332 g/mol. The summed E-state index contributed by atoms with van der Waals surface area (Å²) in [5.74, 6) is 2.87. The van der Waals surface area contributed by atoms with Gasteiger partial charge in [0, 0.05) is 5.75 Å². The molecule has 0 fully saturated rings. The molecule has 0 atom stereocenters. The van der Waals surface area contributed by atoms with E-state index in [0.717, 1.165) is 17.3 Å². The Kier molecular flexibility index (Phi) is 10.7. The van der Waals surface area contributed by atoms with Crippen LogP contribution < -0.4 is 0 Å². The molecule has 0 aromatic rings. The van der Waals surface area contributed by atoms with E-state index in [0.29, 0.717) is 13.2 Å². The first-order chi connectivity index (χ1) is 8.45. The molecule has 0 aromatic carbocycles. The monoisotopic (exact) mass is 332 g/mol. The SMILES string of the molecule is CCOP(=O)(OCC)SCC(C)(SCC)SCC. The molecule has 0 heterocycles. The zero-order chi connectivity index (χ0) is 14.1. The second-order valence-electron chi connectivity index (χ2n) is 3.56. The largest absolute Gasteiger partial charge is 0.389 e. The van der Waals surface area contributed by atoms with Gasteiger partial charge in [-0.2, -0.15) is 0 Å². The topological polar surface area (TPSA) is 35.5 Å². The Balaban J connectivity index is 4.50. The fourth-order valence-electron chi connectivity index (χ4n) is 1.36. The lowest BCUT2D eigenvalue weighted by atomic mass is 10.5. The van der Waals surface area contributed by atoms with E-state index >= 15 is 0 Å².